The highest BCUT2D eigenvalue weighted by atomic mass is 16.5. The highest BCUT2D eigenvalue weighted by Crippen LogP contribution is 2.35. The van der Waals surface area contributed by atoms with Gasteiger partial charge in [-0.15, -0.1) is 0 Å². The number of fused-ring (bicyclic) bond motifs is 1. The van der Waals surface area contributed by atoms with Gasteiger partial charge in [0.25, 0.3) is 5.91 Å². The number of carbonyl (C=O) groups excluding carboxylic acids is 1. The minimum atomic E-state index is -0.232. The maximum atomic E-state index is 12.2. The molecule has 1 amide bonds. The molecule has 122 valence electrons. The fraction of sp³-hybridized carbons (Fsp3) is 0.389. The van der Waals surface area contributed by atoms with Gasteiger partial charge < -0.3 is 19.2 Å². The summed E-state index contributed by atoms with van der Waals surface area (Å²) in [6.07, 6.45) is 2.57. The summed E-state index contributed by atoms with van der Waals surface area (Å²) in [5.41, 5.74) is 2.87. The third-order valence-electron chi connectivity index (χ3n) is 3.89. The lowest BCUT2D eigenvalue weighted by Crippen LogP contribution is -2.23. The van der Waals surface area contributed by atoms with Crippen molar-refractivity contribution in [2.24, 2.45) is 0 Å². The Kier molecular flexibility index (Phi) is 4.28. The zero-order chi connectivity index (χ0) is 16.4. The second kappa shape index (κ2) is 6.36. The van der Waals surface area contributed by atoms with Crippen molar-refractivity contribution < 1.29 is 18.7 Å². The molecule has 3 rings (SSSR count). The van der Waals surface area contributed by atoms with E-state index < -0.39 is 0 Å². The van der Waals surface area contributed by atoms with Gasteiger partial charge in [-0.3, -0.25) is 4.79 Å². The molecule has 0 radical (unpaired) electrons. The van der Waals surface area contributed by atoms with Gasteiger partial charge in [0.05, 0.1) is 12.9 Å². The van der Waals surface area contributed by atoms with E-state index in [-0.39, 0.29) is 12.0 Å². The molecule has 1 aliphatic rings. The van der Waals surface area contributed by atoms with Crippen LogP contribution >= 0.6 is 0 Å². The van der Waals surface area contributed by atoms with Crippen LogP contribution in [0.1, 0.15) is 41.1 Å². The van der Waals surface area contributed by atoms with Crippen LogP contribution in [-0.2, 0) is 13.0 Å². The molecular formula is C18H21NO4. The molecule has 0 fully saturated rings. The highest BCUT2D eigenvalue weighted by Gasteiger charge is 2.22. The van der Waals surface area contributed by atoms with E-state index in [9.17, 15) is 4.79 Å². The maximum Gasteiger partial charge on any atom is 0.287 e. The van der Waals surface area contributed by atoms with Gasteiger partial charge >= 0.3 is 0 Å². The van der Waals surface area contributed by atoms with E-state index in [4.69, 9.17) is 13.9 Å². The second-order valence-corrected chi connectivity index (χ2v) is 5.75. The fourth-order valence-electron chi connectivity index (χ4n) is 2.77. The molecule has 0 aliphatic carbocycles. The normalized spacial score (nSPS) is 15.9. The lowest BCUT2D eigenvalue weighted by molar-refractivity contribution is 0.0922. The summed E-state index contributed by atoms with van der Waals surface area (Å²) in [6.45, 7) is 6.77. The summed E-state index contributed by atoms with van der Waals surface area (Å²) in [5.74, 6) is 1.78. The molecule has 0 spiro atoms. The predicted octanol–water partition coefficient (Wildman–Crippen LogP) is 3.24. The van der Waals surface area contributed by atoms with Gasteiger partial charge in [-0.1, -0.05) is 0 Å². The Morgan fingerprint density at radius 2 is 2.26 bits per heavy atom. The minimum absolute atomic E-state index is 0.176. The summed E-state index contributed by atoms with van der Waals surface area (Å²) in [7, 11) is 0. The molecular weight excluding hydrogens is 294 g/mol. The van der Waals surface area contributed by atoms with Crippen molar-refractivity contribution in [1.29, 1.82) is 0 Å². The van der Waals surface area contributed by atoms with Crippen molar-refractivity contribution in [3.05, 3.63) is 46.9 Å². The standard InChI is InChI=1S/C18H21NO4/c1-4-21-15-8-13-7-12(3)23-16(13)9-14(15)10-19-18(20)17-11(2)5-6-22-17/h5-6,8-9,12H,4,7,10H2,1-3H3,(H,19,20). The summed E-state index contributed by atoms with van der Waals surface area (Å²) in [5, 5.41) is 2.88. The lowest BCUT2D eigenvalue weighted by Gasteiger charge is -2.13. The topological polar surface area (TPSA) is 60.7 Å². The van der Waals surface area contributed by atoms with Gasteiger partial charge in [0.2, 0.25) is 0 Å². The van der Waals surface area contributed by atoms with Crippen LogP contribution in [0.4, 0.5) is 0 Å². The van der Waals surface area contributed by atoms with Crippen molar-refractivity contribution in [2.75, 3.05) is 6.61 Å². The Hall–Kier alpha value is -2.43. The van der Waals surface area contributed by atoms with E-state index in [1.807, 2.05) is 32.9 Å². The molecule has 1 unspecified atom stereocenters. The van der Waals surface area contributed by atoms with Crippen LogP contribution in [0.2, 0.25) is 0 Å². The average molecular weight is 315 g/mol. The molecule has 1 atom stereocenters. The monoisotopic (exact) mass is 315 g/mol. The first kappa shape index (κ1) is 15.5. The molecule has 2 aromatic rings. The minimum Gasteiger partial charge on any atom is -0.494 e. The Morgan fingerprint density at radius 1 is 1.43 bits per heavy atom. The number of ether oxygens (including phenoxy) is 2. The van der Waals surface area contributed by atoms with E-state index in [0.29, 0.717) is 18.9 Å². The van der Waals surface area contributed by atoms with E-state index in [1.54, 1.807) is 6.07 Å². The van der Waals surface area contributed by atoms with E-state index in [0.717, 1.165) is 34.6 Å². The van der Waals surface area contributed by atoms with Gasteiger partial charge in [0.15, 0.2) is 5.76 Å². The number of carbonyl (C=O) groups is 1. The van der Waals surface area contributed by atoms with Crippen LogP contribution in [-0.4, -0.2) is 18.6 Å². The fourth-order valence-corrected chi connectivity index (χ4v) is 2.77. The molecule has 5 heteroatoms. The number of benzene rings is 1. The van der Waals surface area contributed by atoms with Crippen molar-refractivity contribution in [3.8, 4) is 11.5 Å². The predicted molar refractivity (Wildman–Crippen MR) is 86.0 cm³/mol. The third-order valence-corrected chi connectivity index (χ3v) is 3.89. The van der Waals surface area contributed by atoms with Gasteiger partial charge in [0.1, 0.15) is 17.6 Å². The van der Waals surface area contributed by atoms with Crippen molar-refractivity contribution >= 4 is 5.91 Å². The molecule has 1 aromatic heterocycles. The SMILES string of the molecule is CCOc1cc2c(cc1CNC(=O)c1occc1C)OC(C)C2. The number of hydrogen-bond donors (Lipinski definition) is 1. The quantitative estimate of drug-likeness (QED) is 0.920. The largest absolute Gasteiger partial charge is 0.494 e. The Morgan fingerprint density at radius 3 is 2.96 bits per heavy atom. The Balaban J connectivity index is 1.78. The highest BCUT2D eigenvalue weighted by molar-refractivity contribution is 5.92. The van der Waals surface area contributed by atoms with Gasteiger partial charge in [-0.2, -0.15) is 0 Å². The van der Waals surface area contributed by atoms with Gasteiger partial charge in [0, 0.05) is 29.7 Å². The van der Waals surface area contributed by atoms with E-state index >= 15 is 0 Å². The van der Waals surface area contributed by atoms with Crippen LogP contribution in [0.3, 0.4) is 0 Å². The van der Waals surface area contributed by atoms with Crippen LogP contribution in [0.5, 0.6) is 11.5 Å². The first-order valence-corrected chi connectivity index (χ1v) is 7.86. The van der Waals surface area contributed by atoms with Crippen molar-refractivity contribution in [3.63, 3.8) is 0 Å². The van der Waals surface area contributed by atoms with Crippen molar-refractivity contribution in [2.45, 2.75) is 39.8 Å². The molecule has 5 nitrogen and oxygen atoms in total. The summed E-state index contributed by atoms with van der Waals surface area (Å²) in [4.78, 5) is 12.2. The number of aryl methyl sites for hydroxylation is 1. The number of hydrogen-bond acceptors (Lipinski definition) is 4. The van der Waals surface area contributed by atoms with E-state index in [1.165, 1.54) is 6.26 Å². The average Bonchev–Trinajstić information content (AvgIpc) is 3.09. The molecule has 1 N–H and O–H groups in total. The lowest BCUT2D eigenvalue weighted by atomic mass is 10.1. The zero-order valence-electron chi connectivity index (χ0n) is 13.6. The maximum absolute atomic E-state index is 12.2. The molecule has 1 aliphatic heterocycles. The number of amides is 1. The smallest absolute Gasteiger partial charge is 0.287 e. The number of nitrogens with one attached hydrogen (secondary N) is 1. The number of rotatable bonds is 5. The van der Waals surface area contributed by atoms with Crippen LogP contribution < -0.4 is 14.8 Å². The molecule has 2 heterocycles. The summed E-state index contributed by atoms with van der Waals surface area (Å²) in [6, 6.07) is 5.74. The summed E-state index contributed by atoms with van der Waals surface area (Å²) < 4.78 is 16.7. The second-order valence-electron chi connectivity index (χ2n) is 5.75. The van der Waals surface area contributed by atoms with Crippen LogP contribution in [0.25, 0.3) is 0 Å². The molecule has 0 saturated heterocycles. The van der Waals surface area contributed by atoms with Crippen molar-refractivity contribution in [1.82, 2.24) is 5.32 Å². The van der Waals surface area contributed by atoms with Crippen LogP contribution in [0, 0.1) is 6.92 Å². The third kappa shape index (κ3) is 3.18. The number of furan rings is 1. The zero-order valence-corrected chi connectivity index (χ0v) is 13.6. The molecule has 23 heavy (non-hydrogen) atoms. The van der Waals surface area contributed by atoms with Gasteiger partial charge in [-0.25, -0.2) is 0 Å². The first-order valence-electron chi connectivity index (χ1n) is 7.86. The molecule has 0 saturated carbocycles. The van der Waals surface area contributed by atoms with E-state index in [2.05, 4.69) is 5.32 Å². The van der Waals surface area contributed by atoms with Crippen LogP contribution in [0.15, 0.2) is 28.9 Å². The molecule has 0 bridgehead atoms. The Labute approximate surface area is 135 Å². The summed E-state index contributed by atoms with van der Waals surface area (Å²) >= 11 is 0. The molecule has 1 aromatic carbocycles. The Bertz CT molecular complexity index is 720. The van der Waals surface area contributed by atoms with Gasteiger partial charge in [-0.05, 0) is 39.0 Å². The first-order chi connectivity index (χ1) is 11.1.